The lowest BCUT2D eigenvalue weighted by molar-refractivity contribution is -0.137. The number of hydrogen-bond donors (Lipinski definition) is 9. The molecule has 0 saturated heterocycles. The van der Waals surface area contributed by atoms with Crippen LogP contribution in [0.5, 0.6) is 5.75 Å². The van der Waals surface area contributed by atoms with E-state index in [1.165, 1.54) is 0 Å². The van der Waals surface area contributed by atoms with E-state index in [1.54, 1.807) is 37.3 Å². The number of unbranched alkanes of at least 4 members (excludes halogenated alkanes) is 1. The molecule has 4 rings (SSSR count). The number of carbonyl (C=O) groups is 1. The second-order valence-electron chi connectivity index (χ2n) is 15.7. The zero-order valence-electron chi connectivity index (χ0n) is 32.8. The Morgan fingerprint density at radius 2 is 1.78 bits per heavy atom. The number of allylic oxidation sites excluding steroid dienone is 2. The number of aromatic hydroxyl groups is 1. The summed E-state index contributed by atoms with van der Waals surface area (Å²) in [5.74, 6) is 5.42. The number of carboxylic acids is 1. The van der Waals surface area contributed by atoms with Gasteiger partial charge < -0.3 is 46.4 Å². The molecule has 1 aliphatic heterocycles. The average molecular weight is 761 g/mol. The monoisotopic (exact) mass is 760 g/mol. The van der Waals surface area contributed by atoms with Crippen molar-refractivity contribution in [3.05, 3.63) is 88.5 Å². The van der Waals surface area contributed by atoms with E-state index in [-0.39, 0.29) is 43.0 Å². The number of rotatable bonds is 18. The zero-order chi connectivity index (χ0) is 40.0. The normalized spacial score (nSPS) is 26.7. The number of benzene rings is 2. The molecule has 9 N–H and O–H groups in total. The van der Waals surface area contributed by atoms with Gasteiger partial charge in [-0.05, 0) is 111 Å². The molecular formula is C45H64N2O8. The summed E-state index contributed by atoms with van der Waals surface area (Å²) >= 11 is 0. The van der Waals surface area contributed by atoms with Crippen molar-refractivity contribution in [2.75, 3.05) is 19.7 Å². The zero-order valence-corrected chi connectivity index (χ0v) is 32.8. The van der Waals surface area contributed by atoms with Gasteiger partial charge >= 0.3 is 5.97 Å². The Kier molecular flexibility index (Phi) is 17.4. The number of aliphatic carboxylic acids is 1. The summed E-state index contributed by atoms with van der Waals surface area (Å²) in [4.78, 5) is 11.6. The molecule has 1 aliphatic carbocycles. The van der Waals surface area contributed by atoms with Crippen molar-refractivity contribution in [1.29, 1.82) is 0 Å². The highest BCUT2D eigenvalue weighted by Gasteiger charge is 2.38. The van der Waals surface area contributed by atoms with Gasteiger partial charge in [0.1, 0.15) is 5.75 Å². The van der Waals surface area contributed by atoms with Crippen molar-refractivity contribution < 1.29 is 40.5 Å². The van der Waals surface area contributed by atoms with Crippen LogP contribution in [0.2, 0.25) is 0 Å². The van der Waals surface area contributed by atoms with Crippen LogP contribution < -0.4 is 10.6 Å². The SMILES string of the molecule is CCCC[C@H](O)[C@H](O)/C=C/C1=C(\C[C@H](O)CO)[C@H]2NC[C@@](C)(O)[C@H](c3ccc(O)cc3)C#C[C@H](C[C@@H]2CC[C@H](CCC(=O)O)NCC)c2ccccc2CC1. The lowest BCUT2D eigenvalue weighted by Gasteiger charge is -2.40. The molecule has 0 radical (unpaired) electrons. The largest absolute Gasteiger partial charge is 0.508 e. The molecular weight excluding hydrogens is 697 g/mol. The second kappa shape index (κ2) is 21.7. The number of fused-ring (bicyclic) bond motifs is 5. The molecule has 10 heteroatoms. The Morgan fingerprint density at radius 3 is 2.47 bits per heavy atom. The van der Waals surface area contributed by atoms with Gasteiger partial charge in [0.05, 0.1) is 36.4 Å². The number of carboxylic acid groups (broad SMARTS) is 1. The first-order valence-corrected chi connectivity index (χ1v) is 20.2. The van der Waals surface area contributed by atoms with Crippen molar-refractivity contribution in [2.45, 2.75) is 139 Å². The van der Waals surface area contributed by atoms with E-state index in [9.17, 15) is 40.5 Å². The number of hydrogen-bond acceptors (Lipinski definition) is 9. The van der Waals surface area contributed by atoms with E-state index < -0.39 is 48.4 Å². The molecule has 0 aromatic heterocycles. The maximum atomic E-state index is 12.3. The van der Waals surface area contributed by atoms with E-state index in [1.807, 2.05) is 32.1 Å². The van der Waals surface area contributed by atoms with Gasteiger partial charge in [0.2, 0.25) is 0 Å². The first-order valence-electron chi connectivity index (χ1n) is 20.2. The Hall–Kier alpha value is -3.53. The van der Waals surface area contributed by atoms with Crippen molar-refractivity contribution in [2.24, 2.45) is 5.92 Å². The Balaban J connectivity index is 1.95. The van der Waals surface area contributed by atoms with Crippen molar-refractivity contribution in [3.8, 4) is 17.6 Å². The van der Waals surface area contributed by atoms with Gasteiger partial charge in [0.25, 0.3) is 0 Å². The van der Waals surface area contributed by atoms with Gasteiger partial charge in [0, 0.05) is 31.0 Å². The standard InChI is InChI=1S/C45H64N2O8/c1-4-6-11-41(51)42(52)24-18-31-13-12-30-9-7-8-10-38(30)33-17-23-40(32-15-21-36(49)22-16-32)45(3,55)29-47-44(39(31)27-37(50)28-48)34(26-33)14-19-35(46-5-2)20-25-43(53)54/h7-10,15-16,18,21-22,24,33-35,37,40-42,44,46-52,55H,4-6,11-14,19-20,25-29H2,1-3H3,(H,53,54)/b24-18+,39-31+/t33-,34+,35-,37+,40+,41+,42-,44+,45-/m1/s1. The molecule has 0 fully saturated rings. The van der Waals surface area contributed by atoms with Crippen LogP contribution >= 0.6 is 0 Å². The molecule has 0 spiro atoms. The number of aryl methyl sites for hydroxylation is 1. The van der Waals surface area contributed by atoms with E-state index in [0.29, 0.717) is 51.5 Å². The summed E-state index contributed by atoms with van der Waals surface area (Å²) in [6.45, 7) is 6.15. The first kappa shape index (κ1) is 44.2. The number of aliphatic hydroxyl groups excluding tert-OH is 4. The Bertz CT molecular complexity index is 1630. The second-order valence-corrected chi connectivity index (χ2v) is 15.7. The van der Waals surface area contributed by atoms with Crippen molar-refractivity contribution in [1.82, 2.24) is 10.6 Å². The molecule has 9 atom stereocenters. The first-order chi connectivity index (χ1) is 26.4. The van der Waals surface area contributed by atoms with Crippen LogP contribution in [0.15, 0.2) is 71.8 Å². The summed E-state index contributed by atoms with van der Waals surface area (Å²) in [5, 5.41) is 82.2. The van der Waals surface area contributed by atoms with Crippen LogP contribution in [-0.2, 0) is 11.2 Å². The smallest absolute Gasteiger partial charge is 0.303 e. The van der Waals surface area contributed by atoms with Gasteiger partial charge in [-0.15, -0.1) is 0 Å². The van der Waals surface area contributed by atoms with Crippen LogP contribution in [-0.4, -0.2) is 97.4 Å². The maximum absolute atomic E-state index is 12.3. The molecule has 1 heterocycles. The molecule has 2 aromatic rings. The van der Waals surface area contributed by atoms with E-state index >= 15 is 0 Å². The Morgan fingerprint density at radius 1 is 1.04 bits per heavy atom. The third kappa shape index (κ3) is 13.0. The van der Waals surface area contributed by atoms with Crippen molar-refractivity contribution in [3.63, 3.8) is 0 Å². The molecule has 10 nitrogen and oxygen atoms in total. The van der Waals surface area contributed by atoms with E-state index in [4.69, 9.17) is 0 Å². The molecule has 0 unspecified atom stereocenters. The average Bonchev–Trinajstić information content (AvgIpc) is 3.16. The highest BCUT2D eigenvalue weighted by atomic mass is 16.4. The summed E-state index contributed by atoms with van der Waals surface area (Å²) in [7, 11) is 0. The quantitative estimate of drug-likeness (QED) is 0.0931. The van der Waals surface area contributed by atoms with Gasteiger partial charge in [0.15, 0.2) is 0 Å². The predicted molar refractivity (Wildman–Crippen MR) is 216 cm³/mol. The number of nitrogens with one attached hydrogen (secondary N) is 2. The van der Waals surface area contributed by atoms with Crippen molar-refractivity contribution >= 4 is 5.97 Å². The third-order valence-electron chi connectivity index (χ3n) is 11.3. The number of phenols is 1. The lowest BCUT2D eigenvalue weighted by Crippen LogP contribution is -2.50. The highest BCUT2D eigenvalue weighted by Crippen LogP contribution is 2.40. The highest BCUT2D eigenvalue weighted by molar-refractivity contribution is 5.66. The summed E-state index contributed by atoms with van der Waals surface area (Å²) < 4.78 is 0. The maximum Gasteiger partial charge on any atom is 0.303 e. The summed E-state index contributed by atoms with van der Waals surface area (Å²) in [6, 6.07) is 14.6. The fraction of sp³-hybridized carbons (Fsp3) is 0.578. The third-order valence-corrected chi connectivity index (χ3v) is 11.3. The predicted octanol–water partition coefficient (Wildman–Crippen LogP) is 5.07. The lowest BCUT2D eigenvalue weighted by atomic mass is 9.73. The minimum absolute atomic E-state index is 0.0431. The molecule has 2 aliphatic rings. The van der Waals surface area contributed by atoms with Gasteiger partial charge in [-0.1, -0.05) is 87.1 Å². The van der Waals surface area contributed by atoms with E-state index in [0.717, 1.165) is 40.7 Å². The topological polar surface area (TPSA) is 183 Å². The van der Waals surface area contributed by atoms with Gasteiger partial charge in [-0.2, -0.15) is 0 Å². The minimum atomic E-state index is -1.39. The molecule has 55 heavy (non-hydrogen) atoms. The van der Waals surface area contributed by atoms with Crippen LogP contribution in [0.3, 0.4) is 0 Å². The summed E-state index contributed by atoms with van der Waals surface area (Å²) in [6.07, 6.45) is 6.37. The molecule has 2 aromatic carbocycles. The number of aliphatic hydroxyl groups is 5. The Labute approximate surface area is 327 Å². The molecule has 302 valence electrons. The number of β-amino-alcohol motifs (C(OH)–C–C–N with tert-alkyl or cyclic N) is 1. The fourth-order valence-electron chi connectivity index (χ4n) is 8.20. The molecule has 0 saturated carbocycles. The van der Waals surface area contributed by atoms with Crippen LogP contribution in [0, 0.1) is 17.8 Å². The molecule has 0 amide bonds. The van der Waals surface area contributed by atoms with Crippen LogP contribution in [0.4, 0.5) is 0 Å². The van der Waals surface area contributed by atoms with Crippen LogP contribution in [0.1, 0.15) is 114 Å². The van der Waals surface area contributed by atoms with E-state index in [2.05, 4.69) is 34.6 Å². The minimum Gasteiger partial charge on any atom is -0.508 e. The number of phenolic OH excluding ortho intramolecular Hbond substituents is 1. The molecule has 2 bridgehead atoms. The summed E-state index contributed by atoms with van der Waals surface area (Å²) in [5.41, 5.74) is 3.31. The van der Waals surface area contributed by atoms with Gasteiger partial charge in [-0.3, -0.25) is 4.79 Å². The van der Waals surface area contributed by atoms with Crippen LogP contribution in [0.25, 0.3) is 0 Å². The van der Waals surface area contributed by atoms with Gasteiger partial charge in [-0.25, -0.2) is 0 Å². The fourth-order valence-corrected chi connectivity index (χ4v) is 8.20.